The van der Waals surface area contributed by atoms with Gasteiger partial charge >= 0.3 is 0 Å². The van der Waals surface area contributed by atoms with Gasteiger partial charge in [0.05, 0.1) is 4.90 Å². The van der Waals surface area contributed by atoms with Crippen LogP contribution in [-0.4, -0.2) is 62.8 Å². The molecule has 3 aliphatic heterocycles. The molecular weight excluding hydrogens is 398 g/mol. The molecular formula is C20H30ClN3O3S. The number of hydrogen-bond donors (Lipinski definition) is 1. The van der Waals surface area contributed by atoms with Crippen LogP contribution < -0.4 is 5.32 Å². The summed E-state index contributed by atoms with van der Waals surface area (Å²) in [6.45, 7) is 8.50. The third-order valence-corrected chi connectivity index (χ3v) is 8.52. The van der Waals surface area contributed by atoms with Crippen LogP contribution in [0.2, 0.25) is 0 Å². The van der Waals surface area contributed by atoms with E-state index >= 15 is 0 Å². The van der Waals surface area contributed by atoms with Crippen LogP contribution in [0.4, 0.5) is 0 Å². The highest BCUT2D eigenvalue weighted by Gasteiger charge is 2.41. The van der Waals surface area contributed by atoms with Crippen molar-refractivity contribution in [3.63, 3.8) is 0 Å². The fourth-order valence-electron chi connectivity index (χ4n) is 4.66. The minimum Gasteiger partial charge on any atom is -0.342 e. The average molecular weight is 428 g/mol. The molecule has 0 radical (unpaired) electrons. The molecule has 156 valence electrons. The molecule has 0 spiro atoms. The first-order chi connectivity index (χ1) is 12.9. The lowest BCUT2D eigenvalue weighted by molar-refractivity contribution is -0.135. The van der Waals surface area contributed by atoms with Gasteiger partial charge in [-0.25, -0.2) is 8.42 Å². The summed E-state index contributed by atoms with van der Waals surface area (Å²) in [6, 6.07) is 5.29. The van der Waals surface area contributed by atoms with Crippen molar-refractivity contribution in [1.82, 2.24) is 14.5 Å². The maximum absolute atomic E-state index is 12.9. The number of halogens is 1. The lowest BCUT2D eigenvalue weighted by Gasteiger charge is -2.32. The van der Waals surface area contributed by atoms with E-state index in [-0.39, 0.29) is 24.2 Å². The second kappa shape index (κ2) is 8.30. The predicted molar refractivity (Wildman–Crippen MR) is 111 cm³/mol. The predicted octanol–water partition coefficient (Wildman–Crippen LogP) is 1.80. The zero-order chi connectivity index (χ0) is 19.2. The number of aryl methyl sites for hydroxylation is 2. The molecule has 0 saturated carbocycles. The van der Waals surface area contributed by atoms with E-state index in [1.54, 1.807) is 16.4 Å². The van der Waals surface area contributed by atoms with Gasteiger partial charge in [-0.2, -0.15) is 4.31 Å². The van der Waals surface area contributed by atoms with Crippen LogP contribution >= 0.6 is 12.4 Å². The summed E-state index contributed by atoms with van der Waals surface area (Å²) in [7, 11) is -3.48. The number of benzene rings is 1. The number of sulfonamides is 1. The third kappa shape index (κ3) is 3.95. The van der Waals surface area contributed by atoms with Crippen molar-refractivity contribution in [3.8, 4) is 0 Å². The molecule has 0 unspecified atom stereocenters. The van der Waals surface area contributed by atoms with Crippen LogP contribution in [0.15, 0.2) is 23.1 Å². The maximum Gasteiger partial charge on any atom is 0.243 e. The Morgan fingerprint density at radius 1 is 1.04 bits per heavy atom. The lowest BCUT2D eigenvalue weighted by atomic mass is 9.96. The summed E-state index contributed by atoms with van der Waals surface area (Å²) < 4.78 is 27.4. The molecule has 8 heteroatoms. The third-order valence-electron chi connectivity index (χ3n) is 6.62. The topological polar surface area (TPSA) is 69.7 Å². The van der Waals surface area contributed by atoms with Crippen LogP contribution in [0.25, 0.3) is 0 Å². The first-order valence-corrected chi connectivity index (χ1v) is 11.4. The van der Waals surface area contributed by atoms with Crippen molar-refractivity contribution in [2.75, 3.05) is 39.3 Å². The SMILES string of the molecule is Cc1ccc(S(=O)(=O)N2CCC(C(=O)N3C[C@H]4CNC[C@H]4C3)CC2)cc1C.Cl. The van der Waals surface area contributed by atoms with Gasteiger partial charge in [-0.3, -0.25) is 4.79 Å². The van der Waals surface area contributed by atoms with Gasteiger partial charge in [0.25, 0.3) is 0 Å². The van der Waals surface area contributed by atoms with Crippen LogP contribution in [-0.2, 0) is 14.8 Å². The van der Waals surface area contributed by atoms with Gasteiger partial charge in [-0.05, 0) is 61.8 Å². The highest BCUT2D eigenvalue weighted by atomic mass is 35.5. The Labute approximate surface area is 174 Å². The molecule has 4 rings (SSSR count). The largest absolute Gasteiger partial charge is 0.342 e. The summed E-state index contributed by atoms with van der Waals surface area (Å²) in [6.07, 6.45) is 1.24. The highest BCUT2D eigenvalue weighted by Crippen LogP contribution is 2.31. The molecule has 3 aliphatic rings. The Kier molecular flexibility index (Phi) is 6.39. The van der Waals surface area contributed by atoms with E-state index in [0.717, 1.165) is 37.3 Å². The number of fused-ring (bicyclic) bond motifs is 1. The Hall–Kier alpha value is -1.15. The van der Waals surface area contributed by atoms with E-state index in [0.29, 0.717) is 42.7 Å². The molecule has 3 saturated heterocycles. The Morgan fingerprint density at radius 2 is 1.64 bits per heavy atom. The molecule has 3 heterocycles. The number of amides is 1. The molecule has 1 aromatic rings. The van der Waals surface area contributed by atoms with E-state index in [1.165, 1.54) is 0 Å². The molecule has 1 amide bonds. The first kappa shape index (κ1) is 21.6. The van der Waals surface area contributed by atoms with E-state index in [4.69, 9.17) is 0 Å². The zero-order valence-corrected chi connectivity index (χ0v) is 18.2. The smallest absolute Gasteiger partial charge is 0.243 e. The summed E-state index contributed by atoms with van der Waals surface area (Å²) in [5.41, 5.74) is 2.07. The van der Waals surface area contributed by atoms with Crippen molar-refractivity contribution < 1.29 is 13.2 Å². The molecule has 6 nitrogen and oxygen atoms in total. The minimum atomic E-state index is -3.48. The van der Waals surface area contributed by atoms with Crippen molar-refractivity contribution in [2.45, 2.75) is 31.6 Å². The highest BCUT2D eigenvalue weighted by molar-refractivity contribution is 7.89. The Morgan fingerprint density at radius 3 is 2.21 bits per heavy atom. The van der Waals surface area contributed by atoms with Crippen molar-refractivity contribution >= 4 is 28.3 Å². The number of hydrogen-bond acceptors (Lipinski definition) is 4. The van der Waals surface area contributed by atoms with Crippen molar-refractivity contribution in [2.24, 2.45) is 17.8 Å². The number of carbonyl (C=O) groups is 1. The second-order valence-corrected chi connectivity index (χ2v) is 10.3. The summed E-state index contributed by atoms with van der Waals surface area (Å²) in [5, 5.41) is 3.40. The van der Waals surface area contributed by atoms with Crippen LogP contribution in [0.1, 0.15) is 24.0 Å². The number of nitrogens with zero attached hydrogens (tertiary/aromatic N) is 2. The molecule has 28 heavy (non-hydrogen) atoms. The summed E-state index contributed by atoms with van der Waals surface area (Å²) in [5.74, 6) is 1.38. The molecule has 2 atom stereocenters. The van der Waals surface area contributed by atoms with Gasteiger partial charge < -0.3 is 10.2 Å². The number of rotatable bonds is 3. The van der Waals surface area contributed by atoms with Gasteiger partial charge in [0.1, 0.15) is 0 Å². The average Bonchev–Trinajstić information content (AvgIpc) is 3.25. The Balaban J connectivity index is 0.00000225. The first-order valence-electron chi connectivity index (χ1n) is 9.93. The Bertz CT molecular complexity index is 825. The molecule has 3 fully saturated rings. The van der Waals surface area contributed by atoms with Crippen LogP contribution in [0, 0.1) is 31.6 Å². The van der Waals surface area contributed by atoms with Gasteiger partial charge in [0.2, 0.25) is 15.9 Å². The second-order valence-electron chi connectivity index (χ2n) is 8.35. The van der Waals surface area contributed by atoms with Crippen LogP contribution in [0.5, 0.6) is 0 Å². The van der Waals surface area contributed by atoms with Gasteiger partial charge in [0.15, 0.2) is 0 Å². The van der Waals surface area contributed by atoms with Gasteiger partial charge in [-0.15, -0.1) is 12.4 Å². The molecule has 0 aromatic heterocycles. The van der Waals surface area contributed by atoms with E-state index < -0.39 is 10.0 Å². The van der Waals surface area contributed by atoms with Crippen molar-refractivity contribution in [1.29, 1.82) is 0 Å². The quantitative estimate of drug-likeness (QED) is 0.798. The number of nitrogens with one attached hydrogen (secondary N) is 1. The van der Waals surface area contributed by atoms with E-state index in [9.17, 15) is 13.2 Å². The zero-order valence-electron chi connectivity index (χ0n) is 16.6. The monoisotopic (exact) mass is 427 g/mol. The summed E-state index contributed by atoms with van der Waals surface area (Å²) >= 11 is 0. The van der Waals surface area contributed by atoms with Gasteiger partial charge in [0, 0.05) is 45.2 Å². The number of likely N-dealkylation sites (tertiary alicyclic amines) is 1. The summed E-state index contributed by atoms with van der Waals surface area (Å²) in [4.78, 5) is 15.3. The normalized spacial score (nSPS) is 26.1. The number of piperidine rings is 1. The molecule has 1 N–H and O–H groups in total. The molecule has 0 bridgehead atoms. The standard InChI is InChI=1S/C20H29N3O3S.ClH/c1-14-3-4-19(9-15(14)2)27(25,26)23-7-5-16(6-8-23)20(24)22-12-17-10-21-11-18(17)13-22;/h3-4,9,16-18,21H,5-8,10-13H2,1-2H3;1H/t17-,18+;. The minimum absolute atomic E-state index is 0. The molecule has 1 aromatic carbocycles. The molecule has 0 aliphatic carbocycles. The fraction of sp³-hybridized carbons (Fsp3) is 0.650. The van der Waals surface area contributed by atoms with Crippen molar-refractivity contribution in [3.05, 3.63) is 29.3 Å². The van der Waals surface area contributed by atoms with E-state index in [1.807, 2.05) is 24.8 Å². The maximum atomic E-state index is 12.9. The number of carbonyl (C=O) groups excluding carboxylic acids is 1. The lowest BCUT2D eigenvalue weighted by Crippen LogP contribution is -2.44. The fourth-order valence-corrected chi connectivity index (χ4v) is 6.22. The van der Waals surface area contributed by atoms with Crippen LogP contribution in [0.3, 0.4) is 0 Å². The van der Waals surface area contributed by atoms with Gasteiger partial charge in [-0.1, -0.05) is 6.07 Å². The van der Waals surface area contributed by atoms with E-state index in [2.05, 4.69) is 5.32 Å².